The highest BCUT2D eigenvalue weighted by Crippen LogP contribution is 2.66. The van der Waals surface area contributed by atoms with Crippen molar-refractivity contribution in [3.05, 3.63) is 0 Å². The van der Waals surface area contributed by atoms with Crippen molar-refractivity contribution < 1.29 is 14.3 Å². The Kier molecular flexibility index (Phi) is 3.31. The summed E-state index contributed by atoms with van der Waals surface area (Å²) >= 11 is 12.5. The molecule has 0 aromatic heterocycles. The topological polar surface area (TPSA) is 46.6 Å². The summed E-state index contributed by atoms with van der Waals surface area (Å²) < 4.78 is 4.20. The van der Waals surface area contributed by atoms with E-state index in [0.717, 1.165) is 12.8 Å². The lowest BCUT2D eigenvalue weighted by molar-refractivity contribution is -0.134. The highest BCUT2D eigenvalue weighted by Gasteiger charge is 2.69. The minimum Gasteiger partial charge on any atom is -0.444 e. The Balaban J connectivity index is 1.63. The molecule has 0 radical (unpaired) electrons. The third kappa shape index (κ3) is 2.35. The molecule has 118 valence electrons. The second-order valence-corrected chi connectivity index (χ2v) is 9.10. The molecule has 3 atom stereocenters. The predicted octanol–water partition coefficient (Wildman–Crippen LogP) is 3.40. The molecule has 2 saturated carbocycles. The van der Waals surface area contributed by atoms with Crippen molar-refractivity contribution in [3.63, 3.8) is 0 Å². The van der Waals surface area contributed by atoms with Gasteiger partial charge in [0.15, 0.2) is 10.1 Å². The predicted molar refractivity (Wildman–Crippen MR) is 80.5 cm³/mol. The summed E-state index contributed by atoms with van der Waals surface area (Å²) in [7, 11) is 0. The molecule has 1 heterocycles. The third-order valence-electron chi connectivity index (χ3n) is 5.05. The quantitative estimate of drug-likeness (QED) is 0.638. The lowest BCUT2D eigenvalue weighted by Gasteiger charge is -2.49. The number of fused-ring (bicyclic) bond motifs is 1. The number of ether oxygens (including phenoxy) is 1. The summed E-state index contributed by atoms with van der Waals surface area (Å²) in [6.45, 7) is 6.96. The standard InChI is InChI=1S/C15H21Cl2NO3/c1-13(2,3)21-12(20)18-7-9-4-14(5-10(9)8-18)6-11(19)15(14,16)17/h9-10H,4-8H2,1-3H3/t9-,10+,14?. The zero-order valence-corrected chi connectivity index (χ0v) is 14.1. The first kappa shape index (κ1) is 15.4. The molecule has 1 aliphatic heterocycles. The van der Waals surface area contributed by atoms with E-state index in [0.29, 0.717) is 31.3 Å². The van der Waals surface area contributed by atoms with Crippen LogP contribution >= 0.6 is 23.2 Å². The molecule has 0 bridgehead atoms. The molecular weight excluding hydrogens is 313 g/mol. The zero-order chi connectivity index (χ0) is 15.6. The van der Waals surface area contributed by atoms with Crippen LogP contribution in [-0.2, 0) is 9.53 Å². The summed E-state index contributed by atoms with van der Waals surface area (Å²) in [6.07, 6.45) is 1.89. The van der Waals surface area contributed by atoms with Gasteiger partial charge in [0, 0.05) is 24.9 Å². The number of nitrogens with zero attached hydrogens (tertiary/aromatic N) is 1. The van der Waals surface area contributed by atoms with E-state index in [1.807, 2.05) is 20.8 Å². The monoisotopic (exact) mass is 333 g/mol. The van der Waals surface area contributed by atoms with E-state index in [1.165, 1.54) is 0 Å². The van der Waals surface area contributed by atoms with Crippen molar-refractivity contribution in [2.45, 2.75) is 50.0 Å². The van der Waals surface area contributed by atoms with Gasteiger partial charge in [-0.1, -0.05) is 23.2 Å². The van der Waals surface area contributed by atoms with Crippen molar-refractivity contribution >= 4 is 35.1 Å². The van der Waals surface area contributed by atoms with E-state index < -0.39 is 9.93 Å². The van der Waals surface area contributed by atoms with Gasteiger partial charge in [-0.15, -0.1) is 0 Å². The molecule has 1 spiro atoms. The van der Waals surface area contributed by atoms with Crippen LogP contribution in [0.3, 0.4) is 0 Å². The van der Waals surface area contributed by atoms with Gasteiger partial charge < -0.3 is 9.64 Å². The molecule has 3 aliphatic rings. The number of amides is 1. The number of carbonyl (C=O) groups is 2. The maximum atomic E-state index is 12.1. The van der Waals surface area contributed by atoms with E-state index >= 15 is 0 Å². The molecule has 1 saturated heterocycles. The number of rotatable bonds is 0. The van der Waals surface area contributed by atoms with Gasteiger partial charge in [-0.25, -0.2) is 4.79 Å². The number of alkyl halides is 2. The molecule has 0 aromatic rings. The normalized spacial score (nSPS) is 37.6. The van der Waals surface area contributed by atoms with E-state index in [1.54, 1.807) is 4.90 Å². The summed E-state index contributed by atoms with van der Waals surface area (Å²) in [5, 5.41) is 0. The fourth-order valence-electron chi connectivity index (χ4n) is 4.08. The number of hydrogen-bond donors (Lipinski definition) is 0. The van der Waals surface area contributed by atoms with Crippen LogP contribution in [0.25, 0.3) is 0 Å². The maximum Gasteiger partial charge on any atom is 0.410 e. The number of ketones is 1. The van der Waals surface area contributed by atoms with E-state index in [-0.39, 0.29) is 17.3 Å². The molecule has 1 amide bonds. The van der Waals surface area contributed by atoms with E-state index in [9.17, 15) is 9.59 Å². The number of likely N-dealkylation sites (tertiary alicyclic amines) is 1. The largest absolute Gasteiger partial charge is 0.444 e. The Bertz CT molecular complexity index is 484. The van der Waals surface area contributed by atoms with Gasteiger partial charge in [0.2, 0.25) is 0 Å². The van der Waals surface area contributed by atoms with Gasteiger partial charge >= 0.3 is 6.09 Å². The van der Waals surface area contributed by atoms with Crippen molar-refractivity contribution in [3.8, 4) is 0 Å². The minimum atomic E-state index is -1.21. The van der Waals surface area contributed by atoms with Crippen LogP contribution in [0.2, 0.25) is 0 Å². The molecular formula is C15H21Cl2NO3. The molecule has 4 nitrogen and oxygen atoms in total. The van der Waals surface area contributed by atoms with Crippen molar-refractivity contribution in [2.75, 3.05) is 13.1 Å². The molecule has 2 aliphatic carbocycles. The van der Waals surface area contributed by atoms with Gasteiger partial charge in [-0.3, -0.25) is 4.79 Å². The van der Waals surface area contributed by atoms with Crippen molar-refractivity contribution in [1.82, 2.24) is 4.90 Å². The summed E-state index contributed by atoms with van der Waals surface area (Å²) in [5.74, 6) is 0.694. The van der Waals surface area contributed by atoms with E-state index in [4.69, 9.17) is 27.9 Å². The van der Waals surface area contributed by atoms with Crippen molar-refractivity contribution in [1.29, 1.82) is 0 Å². The zero-order valence-electron chi connectivity index (χ0n) is 12.6. The fourth-order valence-corrected chi connectivity index (χ4v) is 4.66. The third-order valence-corrected chi connectivity index (χ3v) is 6.27. The first-order valence-corrected chi connectivity index (χ1v) is 8.19. The lowest BCUT2D eigenvalue weighted by atomic mass is 9.64. The lowest BCUT2D eigenvalue weighted by Crippen LogP contribution is -2.57. The van der Waals surface area contributed by atoms with Crippen LogP contribution in [0.1, 0.15) is 40.0 Å². The average Bonchev–Trinajstić information content (AvgIpc) is 2.83. The second-order valence-electron chi connectivity index (χ2n) is 7.77. The van der Waals surface area contributed by atoms with Crippen LogP contribution in [0.15, 0.2) is 0 Å². The number of Topliss-reactive ketones (excluding diaryl/α,β-unsaturated/α-hetero) is 1. The van der Waals surface area contributed by atoms with Crippen LogP contribution in [0.5, 0.6) is 0 Å². The van der Waals surface area contributed by atoms with E-state index in [2.05, 4.69) is 0 Å². The molecule has 3 rings (SSSR count). The molecule has 1 unspecified atom stereocenters. The number of halogens is 2. The number of hydrogen-bond acceptors (Lipinski definition) is 3. The number of carbonyl (C=O) groups excluding carboxylic acids is 2. The molecule has 3 fully saturated rings. The summed E-state index contributed by atoms with van der Waals surface area (Å²) in [5.41, 5.74) is -0.736. The minimum absolute atomic E-state index is 0.0604. The smallest absolute Gasteiger partial charge is 0.410 e. The highest BCUT2D eigenvalue weighted by molar-refractivity contribution is 6.61. The van der Waals surface area contributed by atoms with Gasteiger partial charge in [-0.05, 0) is 45.4 Å². The van der Waals surface area contributed by atoms with Gasteiger partial charge in [-0.2, -0.15) is 0 Å². The van der Waals surface area contributed by atoms with Gasteiger partial charge in [0.25, 0.3) is 0 Å². The Morgan fingerprint density at radius 2 is 1.76 bits per heavy atom. The molecule has 6 heteroatoms. The molecule has 0 N–H and O–H groups in total. The maximum absolute atomic E-state index is 12.1. The summed E-state index contributed by atoms with van der Waals surface area (Å²) in [6, 6.07) is 0. The summed E-state index contributed by atoms with van der Waals surface area (Å²) in [4.78, 5) is 25.5. The molecule has 0 aromatic carbocycles. The first-order chi connectivity index (χ1) is 9.54. The van der Waals surface area contributed by atoms with Crippen LogP contribution in [0, 0.1) is 17.3 Å². The second kappa shape index (κ2) is 4.51. The average molecular weight is 334 g/mol. The van der Waals surface area contributed by atoms with Gasteiger partial charge in [0.1, 0.15) is 5.60 Å². The Morgan fingerprint density at radius 3 is 2.14 bits per heavy atom. The first-order valence-electron chi connectivity index (χ1n) is 7.43. The van der Waals surface area contributed by atoms with Crippen LogP contribution in [0.4, 0.5) is 4.79 Å². The Morgan fingerprint density at radius 1 is 1.24 bits per heavy atom. The fraction of sp³-hybridized carbons (Fsp3) is 0.867. The van der Waals surface area contributed by atoms with Crippen LogP contribution < -0.4 is 0 Å². The van der Waals surface area contributed by atoms with Crippen molar-refractivity contribution in [2.24, 2.45) is 17.3 Å². The Labute approximate surface area is 135 Å². The van der Waals surface area contributed by atoms with Crippen LogP contribution in [-0.4, -0.2) is 39.8 Å². The SMILES string of the molecule is CC(C)(C)OC(=O)N1C[C@@H]2CC3(CC(=O)C3(Cl)Cl)C[C@@H]2C1. The van der Waals surface area contributed by atoms with Gasteiger partial charge in [0.05, 0.1) is 0 Å². The Hall–Kier alpha value is -0.480. The molecule has 21 heavy (non-hydrogen) atoms. The highest BCUT2D eigenvalue weighted by atomic mass is 35.5.